The van der Waals surface area contributed by atoms with E-state index in [1.54, 1.807) is 0 Å². The molecule has 1 nitrogen and oxygen atoms in total. The van der Waals surface area contributed by atoms with Gasteiger partial charge in [0.2, 0.25) is 0 Å². The van der Waals surface area contributed by atoms with Gasteiger partial charge in [0.15, 0.2) is 5.82 Å². The van der Waals surface area contributed by atoms with Crippen molar-refractivity contribution in [1.82, 2.24) is 0 Å². The molecule has 0 aromatic heterocycles. The maximum atomic E-state index is 12.5. The zero-order chi connectivity index (χ0) is 7.56. The van der Waals surface area contributed by atoms with Crippen LogP contribution in [-0.2, 0) is 15.9 Å². The van der Waals surface area contributed by atoms with E-state index in [-0.39, 0.29) is 16.6 Å². The van der Waals surface area contributed by atoms with Gasteiger partial charge >= 0.3 is 16.6 Å². The van der Waals surface area contributed by atoms with Crippen LogP contribution in [0, 0.1) is 5.82 Å². The highest BCUT2D eigenvalue weighted by Crippen LogP contribution is 2.13. The van der Waals surface area contributed by atoms with E-state index in [1.807, 2.05) is 0 Å². The summed E-state index contributed by atoms with van der Waals surface area (Å²) in [5, 5.41) is 0.301. The quantitative estimate of drug-likeness (QED) is 0.602. The van der Waals surface area contributed by atoms with Crippen LogP contribution >= 0.6 is 11.6 Å². The summed E-state index contributed by atoms with van der Waals surface area (Å²) in [5.41, 5.74) is 0. The van der Waals surface area contributed by atoms with Gasteiger partial charge in [-0.1, -0.05) is 11.6 Å². The maximum absolute atomic E-state index is 12.5. The molecule has 1 aromatic carbocycles. The molecule has 0 atom stereocenters. The number of rotatable bonds is 1. The lowest BCUT2D eigenvalue weighted by atomic mass is 10.3. The lowest BCUT2D eigenvalue weighted by Gasteiger charge is -1.84. The SMILES string of the molecule is O=[S+]c1ccc(Cl)cc1F. The predicted octanol–water partition coefficient (Wildman–Crippen LogP) is 2.27. The second kappa shape index (κ2) is 3.03. The number of hydrogen-bond acceptors (Lipinski definition) is 1. The zero-order valence-corrected chi connectivity index (χ0v) is 6.38. The molecule has 1 rings (SSSR count). The second-order valence-corrected chi connectivity index (χ2v) is 2.70. The first-order valence-electron chi connectivity index (χ1n) is 2.49. The van der Waals surface area contributed by atoms with Crippen LogP contribution in [0.15, 0.2) is 23.1 Å². The Morgan fingerprint density at radius 3 is 2.70 bits per heavy atom. The van der Waals surface area contributed by atoms with Gasteiger partial charge in [-0.3, -0.25) is 0 Å². The third-order valence-corrected chi connectivity index (χ3v) is 1.73. The highest BCUT2D eigenvalue weighted by molar-refractivity contribution is 7.65. The van der Waals surface area contributed by atoms with E-state index in [1.165, 1.54) is 12.1 Å². The largest absolute Gasteiger partial charge is 0.508 e. The molecule has 0 saturated heterocycles. The van der Waals surface area contributed by atoms with Crippen LogP contribution < -0.4 is 0 Å². The van der Waals surface area contributed by atoms with Gasteiger partial charge in [0.25, 0.3) is 0 Å². The predicted molar refractivity (Wildman–Crippen MR) is 37.7 cm³/mol. The molecule has 0 N–H and O–H groups in total. The van der Waals surface area contributed by atoms with Gasteiger partial charge in [-0.05, 0) is 12.1 Å². The Balaban J connectivity index is 3.19. The molecule has 0 bridgehead atoms. The fourth-order valence-corrected chi connectivity index (χ4v) is 0.964. The van der Waals surface area contributed by atoms with Crippen LogP contribution in [0.2, 0.25) is 5.02 Å². The van der Waals surface area contributed by atoms with E-state index in [4.69, 9.17) is 11.6 Å². The van der Waals surface area contributed by atoms with Crippen molar-refractivity contribution in [2.24, 2.45) is 0 Å². The molecule has 0 unspecified atom stereocenters. The summed E-state index contributed by atoms with van der Waals surface area (Å²) in [4.78, 5) is 0.0735. The van der Waals surface area contributed by atoms with Gasteiger partial charge < -0.3 is 0 Å². The Labute approximate surface area is 66.3 Å². The Bertz CT molecular complexity index is 264. The molecule has 52 valence electrons. The fraction of sp³-hybridized carbons (Fsp3) is 0. The van der Waals surface area contributed by atoms with E-state index >= 15 is 0 Å². The highest BCUT2D eigenvalue weighted by atomic mass is 35.5. The van der Waals surface area contributed by atoms with E-state index in [0.717, 1.165) is 6.07 Å². The zero-order valence-electron chi connectivity index (χ0n) is 4.80. The number of halogens is 2. The smallest absolute Gasteiger partial charge is 0.201 e. The van der Waals surface area contributed by atoms with Crippen molar-refractivity contribution in [2.75, 3.05) is 0 Å². The van der Waals surface area contributed by atoms with E-state index < -0.39 is 5.82 Å². The van der Waals surface area contributed by atoms with E-state index in [0.29, 0.717) is 5.02 Å². The first kappa shape index (κ1) is 7.57. The molecular formula is C6H3ClFOS+. The van der Waals surface area contributed by atoms with Gasteiger partial charge in [0.1, 0.15) is 0 Å². The van der Waals surface area contributed by atoms with E-state index in [2.05, 4.69) is 0 Å². The molecule has 0 spiro atoms. The average Bonchev–Trinajstić information content (AvgIpc) is 1.88. The lowest BCUT2D eigenvalue weighted by Crippen LogP contribution is -1.80. The van der Waals surface area contributed by atoms with Crippen molar-refractivity contribution in [2.45, 2.75) is 4.90 Å². The summed E-state index contributed by atoms with van der Waals surface area (Å²) in [6.45, 7) is 0. The molecule has 4 heteroatoms. The van der Waals surface area contributed by atoms with Gasteiger partial charge in [0, 0.05) is 15.3 Å². The minimum absolute atomic E-state index is 0.0735. The molecule has 0 aliphatic carbocycles. The van der Waals surface area contributed by atoms with Gasteiger partial charge in [-0.2, -0.15) is 0 Å². The standard InChI is InChI=1S/C6H3ClFOS/c7-4-1-2-6(10-9)5(8)3-4/h1-3H/q+1. The topological polar surface area (TPSA) is 17.1 Å². The summed E-state index contributed by atoms with van der Waals surface area (Å²) in [6.07, 6.45) is 0. The second-order valence-electron chi connectivity index (χ2n) is 1.66. The summed E-state index contributed by atoms with van der Waals surface area (Å²) in [7, 11) is 0. The highest BCUT2D eigenvalue weighted by Gasteiger charge is 2.13. The first-order chi connectivity index (χ1) is 4.74. The molecule has 0 aliphatic heterocycles. The van der Waals surface area contributed by atoms with Crippen molar-refractivity contribution < 1.29 is 8.60 Å². The Morgan fingerprint density at radius 2 is 2.20 bits per heavy atom. The minimum atomic E-state index is -0.562. The van der Waals surface area contributed by atoms with Gasteiger partial charge in [-0.25, -0.2) is 4.39 Å². The van der Waals surface area contributed by atoms with Crippen molar-refractivity contribution in [3.8, 4) is 0 Å². The molecule has 0 fully saturated rings. The maximum Gasteiger partial charge on any atom is 0.508 e. The van der Waals surface area contributed by atoms with Gasteiger partial charge in [0.05, 0.1) is 0 Å². The average molecular weight is 178 g/mol. The van der Waals surface area contributed by atoms with Crippen LogP contribution in [0.25, 0.3) is 0 Å². The summed E-state index contributed by atoms with van der Waals surface area (Å²) < 4.78 is 22.6. The van der Waals surface area contributed by atoms with E-state index in [9.17, 15) is 8.60 Å². The van der Waals surface area contributed by atoms with Crippen molar-refractivity contribution in [3.63, 3.8) is 0 Å². The van der Waals surface area contributed by atoms with Crippen LogP contribution in [0.1, 0.15) is 0 Å². The third-order valence-electron chi connectivity index (χ3n) is 0.984. The van der Waals surface area contributed by atoms with Gasteiger partial charge in [-0.15, -0.1) is 0 Å². The van der Waals surface area contributed by atoms with Crippen molar-refractivity contribution in [1.29, 1.82) is 0 Å². The molecule has 10 heavy (non-hydrogen) atoms. The lowest BCUT2D eigenvalue weighted by molar-refractivity contribution is 0.582. The Hall–Kier alpha value is -0.540. The molecule has 0 aliphatic rings. The minimum Gasteiger partial charge on any atom is -0.201 e. The van der Waals surface area contributed by atoms with Crippen LogP contribution in [-0.4, -0.2) is 0 Å². The molecule has 0 amide bonds. The molecule has 0 saturated carbocycles. The monoisotopic (exact) mass is 177 g/mol. The van der Waals surface area contributed by atoms with Crippen LogP contribution in [0.5, 0.6) is 0 Å². The fourth-order valence-electron chi connectivity index (χ4n) is 0.543. The normalized spacial score (nSPS) is 9.40. The van der Waals surface area contributed by atoms with Crippen LogP contribution in [0.3, 0.4) is 0 Å². The van der Waals surface area contributed by atoms with Crippen molar-refractivity contribution >= 4 is 23.3 Å². The summed E-state index contributed by atoms with van der Waals surface area (Å²) in [6, 6.07) is 3.95. The number of hydrogen-bond donors (Lipinski definition) is 0. The van der Waals surface area contributed by atoms with Crippen LogP contribution in [0.4, 0.5) is 4.39 Å². The molecular weight excluding hydrogens is 175 g/mol. The Morgan fingerprint density at radius 1 is 1.50 bits per heavy atom. The first-order valence-corrected chi connectivity index (χ1v) is 3.61. The summed E-state index contributed by atoms with van der Waals surface area (Å²) >= 11 is 5.54. The molecule has 0 radical (unpaired) electrons. The van der Waals surface area contributed by atoms with Crippen molar-refractivity contribution in [3.05, 3.63) is 29.0 Å². The summed E-state index contributed by atoms with van der Waals surface area (Å²) in [5.74, 6) is -0.562. The third kappa shape index (κ3) is 1.49. The molecule has 0 heterocycles. The molecule has 1 aromatic rings. The Kier molecular flexibility index (Phi) is 2.29. The number of benzene rings is 1.